The first-order chi connectivity index (χ1) is 33.1. The molecule has 6 heteroatoms. The summed E-state index contributed by atoms with van der Waals surface area (Å²) in [5, 5.41) is 12.4. The molecule has 0 bridgehead atoms. The van der Waals surface area contributed by atoms with Gasteiger partial charge in [0.05, 0.1) is 0 Å². The van der Waals surface area contributed by atoms with Crippen LogP contribution in [0.4, 0.5) is 0 Å². The number of rotatable bonds is 4. The third-order valence-corrected chi connectivity index (χ3v) is 19.1. The number of Topliss-reactive ketones (excluding diaryl/α,β-unsaturated/α-hetero) is 6. The van der Waals surface area contributed by atoms with Crippen LogP contribution in [0.5, 0.6) is 0 Å². The SMILES string of the molecule is CC1=c2c(C)c(C)c3c4c(c(C)c(C)c3c2CC1=O)=C(CC1=c2c(C)c(C)c3c5c(c(C)c(C)c3c2CC1=O)=C(CC1=c2c(C)c(C)c3c6c(c(C)c(C)c3c2CC1=O)=C(C)C(=O)C6)C(=O)C5)C(=O)C4. The summed E-state index contributed by atoms with van der Waals surface area (Å²) in [6.45, 7) is 29.1. The van der Waals surface area contributed by atoms with Gasteiger partial charge >= 0.3 is 0 Å². The fourth-order valence-corrected chi connectivity index (χ4v) is 15.0. The van der Waals surface area contributed by atoms with Gasteiger partial charge in [0, 0.05) is 84.8 Å². The maximum atomic E-state index is 14.6. The highest BCUT2D eigenvalue weighted by atomic mass is 16.1. The second-order valence-electron chi connectivity index (χ2n) is 22.0. The molecule has 350 valence electrons. The summed E-state index contributed by atoms with van der Waals surface area (Å²) < 4.78 is 0. The van der Waals surface area contributed by atoms with Gasteiger partial charge in [-0.3, -0.25) is 28.8 Å². The van der Waals surface area contributed by atoms with Gasteiger partial charge in [0.15, 0.2) is 34.7 Å². The van der Waals surface area contributed by atoms with Gasteiger partial charge in [-0.25, -0.2) is 0 Å². The Kier molecular flexibility index (Phi) is 9.20. The van der Waals surface area contributed by atoms with Crippen LogP contribution < -0.4 is 31.3 Å². The highest BCUT2D eigenvalue weighted by molar-refractivity contribution is 6.31. The van der Waals surface area contributed by atoms with E-state index in [1.54, 1.807) is 0 Å². The number of hydrogen-bond donors (Lipinski definition) is 0. The number of benzene rings is 6. The van der Waals surface area contributed by atoms with Crippen molar-refractivity contribution in [1.82, 2.24) is 0 Å². The zero-order valence-corrected chi connectivity index (χ0v) is 43.1. The molecule has 6 aromatic rings. The fourth-order valence-electron chi connectivity index (χ4n) is 15.0. The summed E-state index contributed by atoms with van der Waals surface area (Å²) in [5.74, 6) is 0.491. The topological polar surface area (TPSA) is 102 Å². The van der Waals surface area contributed by atoms with Gasteiger partial charge in [0.2, 0.25) is 0 Å². The first-order valence-corrected chi connectivity index (χ1v) is 25.1. The fraction of sp³-hybridized carbons (Fsp3) is 0.344. The summed E-state index contributed by atoms with van der Waals surface area (Å²) in [4.78, 5) is 84.3. The number of carbonyl (C=O) groups is 6. The third kappa shape index (κ3) is 5.30. The molecule has 6 nitrogen and oxygen atoms in total. The largest absolute Gasteiger partial charge is 0.294 e. The van der Waals surface area contributed by atoms with E-state index < -0.39 is 0 Å². The minimum atomic E-state index is 0.0346. The van der Waals surface area contributed by atoms with Crippen molar-refractivity contribution in [1.29, 1.82) is 0 Å². The van der Waals surface area contributed by atoms with E-state index in [2.05, 4.69) is 83.1 Å². The lowest BCUT2D eigenvalue weighted by atomic mass is 9.85. The van der Waals surface area contributed by atoms with Gasteiger partial charge in [-0.2, -0.15) is 0 Å². The standard InChI is InChI=1S/C64H58O6/c1-23-29(7)61-43-19-49(67)37(55(43)25(3)31(9)59(61)41-17-47(65)35(13)53(23)41)15-39-51(69)21-45-57(39)27(5)33(11)64-46-22-52(70)40(58(46)28(6)34(12)63(45)64)16-38-50(68)20-44-56(38)26(4)32(10)60-42-18-48(66)36(14)54(42)24(2)30(8)62(44)60/h15-22H2,1-14H3. The molecule has 0 amide bonds. The predicted octanol–water partition coefficient (Wildman–Crippen LogP) is 6.72. The Balaban J connectivity index is 1.06. The monoisotopic (exact) mass is 922 g/mol. The van der Waals surface area contributed by atoms with Crippen LogP contribution in [0.1, 0.15) is 127 Å². The third-order valence-electron chi connectivity index (χ3n) is 19.1. The first-order valence-electron chi connectivity index (χ1n) is 25.1. The van der Waals surface area contributed by atoms with Crippen LogP contribution in [0.3, 0.4) is 0 Å². The smallest absolute Gasteiger partial charge is 0.164 e. The Morgan fingerprint density at radius 2 is 0.400 bits per heavy atom. The van der Waals surface area contributed by atoms with Crippen molar-refractivity contribution in [2.75, 3.05) is 0 Å². The van der Waals surface area contributed by atoms with Crippen LogP contribution in [0.2, 0.25) is 0 Å². The molecule has 0 aromatic heterocycles. The minimum Gasteiger partial charge on any atom is -0.294 e. The number of ketones is 6. The molecule has 12 rings (SSSR count). The van der Waals surface area contributed by atoms with Gasteiger partial charge in [-0.15, -0.1) is 0 Å². The Bertz CT molecular complexity index is 4020. The van der Waals surface area contributed by atoms with Gasteiger partial charge in [-0.05, 0) is 261 Å². The van der Waals surface area contributed by atoms with Crippen molar-refractivity contribution in [2.45, 2.75) is 148 Å². The molecule has 6 aromatic carbocycles. The van der Waals surface area contributed by atoms with E-state index in [0.717, 1.165) is 175 Å². The first kappa shape index (κ1) is 44.5. The van der Waals surface area contributed by atoms with Crippen LogP contribution in [0.15, 0.2) is 0 Å². The molecule has 0 N–H and O–H groups in total. The summed E-state index contributed by atoms with van der Waals surface area (Å²) in [6.07, 6.45) is 2.27. The molecule has 0 unspecified atom stereocenters. The lowest BCUT2D eigenvalue weighted by molar-refractivity contribution is -0.114. The van der Waals surface area contributed by atoms with E-state index in [4.69, 9.17) is 0 Å². The van der Waals surface area contributed by atoms with Crippen LogP contribution in [0, 0.1) is 83.1 Å². The van der Waals surface area contributed by atoms with Gasteiger partial charge < -0.3 is 0 Å². The molecule has 0 radical (unpaired) electrons. The molecule has 0 heterocycles. The van der Waals surface area contributed by atoms with Crippen LogP contribution in [-0.2, 0) is 67.3 Å². The lowest BCUT2D eigenvalue weighted by Gasteiger charge is -2.19. The lowest BCUT2D eigenvalue weighted by Crippen LogP contribution is -2.22. The Morgan fingerprint density at radius 3 is 0.614 bits per heavy atom. The van der Waals surface area contributed by atoms with Gasteiger partial charge in [0.1, 0.15) is 0 Å². The number of aryl methyl sites for hydroxylation is 6. The molecule has 0 spiro atoms. The molecule has 6 aliphatic carbocycles. The second-order valence-corrected chi connectivity index (χ2v) is 22.0. The van der Waals surface area contributed by atoms with Crippen molar-refractivity contribution in [2.24, 2.45) is 0 Å². The highest BCUT2D eigenvalue weighted by Crippen LogP contribution is 2.41. The van der Waals surface area contributed by atoms with E-state index in [-0.39, 0.29) is 73.2 Å². The van der Waals surface area contributed by atoms with Crippen LogP contribution in [-0.4, -0.2) is 34.7 Å². The maximum absolute atomic E-state index is 14.6. The Hall–Kier alpha value is -6.66. The van der Waals surface area contributed by atoms with Crippen molar-refractivity contribution in [3.8, 4) is 0 Å². The Morgan fingerprint density at radius 1 is 0.229 bits per heavy atom. The molecule has 0 fully saturated rings. The number of hydrogen-bond acceptors (Lipinski definition) is 6. The van der Waals surface area contributed by atoms with Crippen molar-refractivity contribution in [3.05, 3.63) is 131 Å². The molecule has 6 aliphatic rings. The van der Waals surface area contributed by atoms with E-state index in [1.165, 1.54) is 0 Å². The molecule has 0 aliphatic heterocycles. The zero-order valence-electron chi connectivity index (χ0n) is 43.1. The summed E-state index contributed by atoms with van der Waals surface area (Å²) in [6, 6.07) is 0. The molecule has 0 saturated heterocycles. The van der Waals surface area contributed by atoms with Gasteiger partial charge in [-0.1, -0.05) is 0 Å². The van der Waals surface area contributed by atoms with Gasteiger partial charge in [0.25, 0.3) is 0 Å². The zero-order chi connectivity index (χ0) is 49.9. The molecule has 70 heavy (non-hydrogen) atoms. The summed E-state index contributed by atoms with van der Waals surface area (Å²) >= 11 is 0. The van der Waals surface area contributed by atoms with Crippen LogP contribution in [0.25, 0.3) is 65.8 Å². The van der Waals surface area contributed by atoms with E-state index in [0.29, 0.717) is 35.1 Å². The predicted molar refractivity (Wildman–Crippen MR) is 280 cm³/mol. The average molecular weight is 923 g/mol. The normalized spacial score (nSPS) is 17.1. The van der Waals surface area contributed by atoms with E-state index in [1.807, 2.05) is 13.8 Å². The van der Waals surface area contributed by atoms with Crippen molar-refractivity contribution < 1.29 is 28.8 Å². The molecule has 0 saturated carbocycles. The molecule has 0 atom stereocenters. The minimum absolute atomic E-state index is 0.0346. The quantitative estimate of drug-likeness (QED) is 0.195. The highest BCUT2D eigenvalue weighted by Gasteiger charge is 2.37. The summed E-state index contributed by atoms with van der Waals surface area (Å²) in [7, 11) is 0. The number of carbonyl (C=O) groups excluding carboxylic acids is 6. The van der Waals surface area contributed by atoms with E-state index >= 15 is 0 Å². The molecular weight excluding hydrogens is 865 g/mol. The van der Waals surface area contributed by atoms with Crippen LogP contribution >= 0.6 is 0 Å². The van der Waals surface area contributed by atoms with Crippen molar-refractivity contribution in [3.63, 3.8) is 0 Å². The van der Waals surface area contributed by atoms with Crippen molar-refractivity contribution >= 4 is 100 Å². The molecular formula is C64H58O6. The maximum Gasteiger partial charge on any atom is 0.164 e. The average Bonchev–Trinajstić information content (AvgIpc) is 4.14. The second kappa shape index (κ2) is 14.5. The van der Waals surface area contributed by atoms with E-state index in [9.17, 15) is 28.8 Å². The Labute approximate surface area is 407 Å². The number of fused-ring (bicyclic) bond motifs is 15. The summed E-state index contributed by atoms with van der Waals surface area (Å²) in [5.41, 5.74) is 23.4.